The number of benzene rings is 3. The lowest BCUT2D eigenvalue weighted by Gasteiger charge is -2.08. The second-order valence-corrected chi connectivity index (χ2v) is 6.04. The quantitative estimate of drug-likeness (QED) is 0.539. The van der Waals surface area contributed by atoms with Crippen molar-refractivity contribution in [3.05, 3.63) is 81.8 Å². The van der Waals surface area contributed by atoms with Crippen LogP contribution in [-0.4, -0.2) is 0 Å². The molecule has 0 amide bonds. The van der Waals surface area contributed by atoms with Gasteiger partial charge in [-0.25, -0.2) is 0 Å². The van der Waals surface area contributed by atoms with Gasteiger partial charge in [-0.05, 0) is 45.5 Å². The molecule has 0 heterocycles. The van der Waals surface area contributed by atoms with Crippen molar-refractivity contribution in [2.45, 2.75) is 6.42 Å². The van der Waals surface area contributed by atoms with Crippen molar-refractivity contribution in [3.8, 4) is 0 Å². The molecular weight excluding hydrogens is 308 g/mol. The Balaban J connectivity index is 1.89. The molecule has 0 aliphatic heterocycles. The molecule has 0 nitrogen and oxygen atoms in total. The molecule has 0 fully saturated rings. The highest BCUT2D eigenvalue weighted by atomic mass is 79.9. The van der Waals surface area contributed by atoms with E-state index < -0.39 is 0 Å². The molecule has 0 bridgehead atoms. The zero-order valence-electron chi connectivity index (χ0n) is 10.9. The van der Waals surface area contributed by atoms with Gasteiger partial charge in [-0.3, -0.25) is 0 Å². The molecule has 96 valence electrons. The Morgan fingerprint density at radius 2 is 1.60 bits per heavy atom. The third-order valence-electron chi connectivity index (χ3n) is 3.99. The average molecular weight is 321 g/mol. The number of fused-ring (bicyclic) bond motifs is 2. The minimum atomic E-state index is 1.00. The summed E-state index contributed by atoms with van der Waals surface area (Å²) < 4.78 is 1.21. The molecule has 20 heavy (non-hydrogen) atoms. The van der Waals surface area contributed by atoms with Crippen LogP contribution in [0.4, 0.5) is 0 Å². The van der Waals surface area contributed by atoms with E-state index in [-0.39, 0.29) is 0 Å². The monoisotopic (exact) mass is 320 g/mol. The largest absolute Gasteiger partial charge is 0.0616 e. The van der Waals surface area contributed by atoms with Gasteiger partial charge >= 0.3 is 0 Å². The molecule has 0 saturated heterocycles. The minimum absolute atomic E-state index is 1.00. The zero-order valence-corrected chi connectivity index (χ0v) is 12.5. The van der Waals surface area contributed by atoms with Crippen molar-refractivity contribution < 1.29 is 0 Å². The molecule has 1 aliphatic rings. The average Bonchev–Trinajstić information content (AvgIpc) is 2.92. The second kappa shape index (κ2) is 4.60. The van der Waals surface area contributed by atoms with Crippen LogP contribution in [0.5, 0.6) is 0 Å². The molecule has 1 aliphatic carbocycles. The minimum Gasteiger partial charge on any atom is -0.0616 e. The summed E-state index contributed by atoms with van der Waals surface area (Å²) in [6.07, 6.45) is 3.33. The summed E-state index contributed by atoms with van der Waals surface area (Å²) in [6.45, 7) is 0. The molecule has 3 aromatic rings. The Bertz CT molecular complexity index is 838. The van der Waals surface area contributed by atoms with Crippen LogP contribution < -0.4 is 0 Å². The maximum atomic E-state index is 3.66. The van der Waals surface area contributed by atoms with E-state index in [2.05, 4.69) is 82.7 Å². The van der Waals surface area contributed by atoms with Gasteiger partial charge in [-0.15, -0.1) is 0 Å². The van der Waals surface area contributed by atoms with Crippen LogP contribution in [0.15, 0.2) is 65.1 Å². The normalized spacial score (nSPS) is 13.3. The summed E-state index contributed by atoms with van der Waals surface area (Å²) in [6, 6.07) is 21.6. The fourth-order valence-electron chi connectivity index (χ4n) is 3.00. The van der Waals surface area contributed by atoms with E-state index >= 15 is 0 Å². The molecule has 0 spiro atoms. The number of hydrogen-bond donors (Lipinski definition) is 0. The number of allylic oxidation sites excluding steroid dienone is 1. The first-order chi connectivity index (χ1) is 9.83. The van der Waals surface area contributed by atoms with Crippen molar-refractivity contribution in [2.24, 2.45) is 0 Å². The lowest BCUT2D eigenvalue weighted by Crippen LogP contribution is -1.88. The molecule has 0 radical (unpaired) electrons. The van der Waals surface area contributed by atoms with Gasteiger partial charge in [-0.2, -0.15) is 0 Å². The molecular formula is C19H13Br. The van der Waals surface area contributed by atoms with Gasteiger partial charge in [-0.1, -0.05) is 76.6 Å². The van der Waals surface area contributed by atoms with E-state index in [1.165, 1.54) is 37.5 Å². The van der Waals surface area contributed by atoms with Gasteiger partial charge in [0, 0.05) is 4.47 Å². The molecule has 0 saturated carbocycles. The summed E-state index contributed by atoms with van der Waals surface area (Å²) in [5.74, 6) is 0. The van der Waals surface area contributed by atoms with Crippen molar-refractivity contribution in [1.82, 2.24) is 0 Å². The summed E-state index contributed by atoms with van der Waals surface area (Å²) in [5, 5.41) is 2.64. The van der Waals surface area contributed by atoms with Gasteiger partial charge in [0.1, 0.15) is 0 Å². The van der Waals surface area contributed by atoms with Crippen molar-refractivity contribution >= 4 is 38.4 Å². The predicted octanol–water partition coefficient (Wildman–Crippen LogP) is 5.70. The smallest absolute Gasteiger partial charge is 0.0216 e. The summed E-state index contributed by atoms with van der Waals surface area (Å²) in [5.41, 5.74) is 5.49. The molecule has 1 heteroatoms. The zero-order chi connectivity index (χ0) is 13.5. The Morgan fingerprint density at radius 3 is 2.50 bits per heavy atom. The van der Waals surface area contributed by atoms with E-state index in [0.29, 0.717) is 0 Å². The Morgan fingerprint density at radius 1 is 0.800 bits per heavy atom. The van der Waals surface area contributed by atoms with E-state index in [0.717, 1.165) is 6.42 Å². The third-order valence-corrected chi connectivity index (χ3v) is 4.73. The molecule has 4 rings (SSSR count). The maximum absolute atomic E-state index is 3.66. The summed E-state index contributed by atoms with van der Waals surface area (Å²) in [4.78, 5) is 0. The molecule has 0 atom stereocenters. The van der Waals surface area contributed by atoms with E-state index in [9.17, 15) is 0 Å². The van der Waals surface area contributed by atoms with E-state index in [1.54, 1.807) is 0 Å². The van der Waals surface area contributed by atoms with E-state index in [4.69, 9.17) is 0 Å². The lowest BCUT2D eigenvalue weighted by atomic mass is 9.97. The molecule has 0 unspecified atom stereocenters. The first-order valence-electron chi connectivity index (χ1n) is 6.79. The lowest BCUT2D eigenvalue weighted by molar-refractivity contribution is 1.30. The van der Waals surface area contributed by atoms with Crippen LogP contribution in [0.25, 0.3) is 22.4 Å². The fraction of sp³-hybridized carbons (Fsp3) is 0.0526. The highest BCUT2D eigenvalue weighted by Crippen LogP contribution is 2.37. The highest BCUT2D eigenvalue weighted by molar-refractivity contribution is 9.10. The predicted molar refractivity (Wildman–Crippen MR) is 89.7 cm³/mol. The number of hydrogen-bond acceptors (Lipinski definition) is 0. The van der Waals surface area contributed by atoms with E-state index in [1.807, 2.05) is 0 Å². The van der Waals surface area contributed by atoms with Crippen molar-refractivity contribution in [2.75, 3.05) is 0 Å². The highest BCUT2D eigenvalue weighted by Gasteiger charge is 2.17. The molecule has 0 N–H and O–H groups in total. The van der Waals surface area contributed by atoms with Gasteiger partial charge in [0.15, 0.2) is 0 Å². The Kier molecular flexibility index (Phi) is 2.75. The van der Waals surface area contributed by atoms with Crippen LogP contribution in [-0.2, 0) is 6.42 Å². The summed E-state index contributed by atoms with van der Waals surface area (Å²) in [7, 11) is 0. The third kappa shape index (κ3) is 1.82. The molecule has 0 aromatic heterocycles. The first-order valence-corrected chi connectivity index (χ1v) is 7.58. The molecule has 3 aromatic carbocycles. The van der Waals surface area contributed by atoms with Crippen molar-refractivity contribution in [3.63, 3.8) is 0 Å². The number of rotatable bonds is 1. The first kappa shape index (κ1) is 11.9. The van der Waals surface area contributed by atoms with Crippen LogP contribution in [0.3, 0.4) is 0 Å². The fourth-order valence-corrected chi connectivity index (χ4v) is 3.53. The summed E-state index contributed by atoms with van der Waals surface area (Å²) >= 11 is 3.66. The van der Waals surface area contributed by atoms with Gasteiger partial charge in [0.2, 0.25) is 0 Å². The van der Waals surface area contributed by atoms with Gasteiger partial charge in [0.05, 0.1) is 0 Å². The maximum Gasteiger partial charge on any atom is 0.0216 e. The number of halogens is 1. The van der Waals surface area contributed by atoms with Crippen LogP contribution in [0.2, 0.25) is 0 Å². The van der Waals surface area contributed by atoms with Crippen molar-refractivity contribution in [1.29, 1.82) is 0 Å². The standard InChI is InChI=1S/C19H13Br/c20-19-10-4-7-14-11-15(12-18(14)19)17-9-3-6-13-5-1-2-8-16(13)17/h1-11H,12H2. The van der Waals surface area contributed by atoms with Crippen LogP contribution >= 0.6 is 15.9 Å². The Hall–Kier alpha value is -1.86. The van der Waals surface area contributed by atoms with Crippen LogP contribution in [0, 0.1) is 0 Å². The van der Waals surface area contributed by atoms with Gasteiger partial charge in [0.25, 0.3) is 0 Å². The van der Waals surface area contributed by atoms with Gasteiger partial charge < -0.3 is 0 Å². The SMILES string of the molecule is Brc1cccc2c1CC(c1cccc3ccccc13)=C2. The van der Waals surface area contributed by atoms with Crippen LogP contribution in [0.1, 0.15) is 16.7 Å². The topological polar surface area (TPSA) is 0 Å². The Labute approximate surface area is 126 Å². The second-order valence-electron chi connectivity index (χ2n) is 5.18.